The average Bonchev–Trinajstić information content (AvgIpc) is 2.96. The van der Waals surface area contributed by atoms with Gasteiger partial charge in [-0.1, -0.05) is 0 Å². The number of carbonyl (C=O) groups is 2. The Labute approximate surface area is 136 Å². The van der Waals surface area contributed by atoms with Gasteiger partial charge >= 0.3 is 12.1 Å². The summed E-state index contributed by atoms with van der Waals surface area (Å²) >= 11 is 0. The van der Waals surface area contributed by atoms with E-state index in [4.69, 9.17) is 9.47 Å². The van der Waals surface area contributed by atoms with E-state index in [1.54, 1.807) is 22.7 Å². The summed E-state index contributed by atoms with van der Waals surface area (Å²) in [5.41, 5.74) is -0.0754. The number of amides is 1. The van der Waals surface area contributed by atoms with Crippen molar-refractivity contribution in [3.8, 4) is 0 Å². The van der Waals surface area contributed by atoms with Crippen LogP contribution in [-0.4, -0.2) is 52.0 Å². The fourth-order valence-electron chi connectivity index (χ4n) is 2.52. The van der Waals surface area contributed by atoms with Crippen LogP contribution < -0.4 is 0 Å². The van der Waals surface area contributed by atoms with Gasteiger partial charge in [-0.15, -0.1) is 0 Å². The van der Waals surface area contributed by atoms with E-state index in [1.807, 2.05) is 20.8 Å². The summed E-state index contributed by atoms with van der Waals surface area (Å²) in [4.78, 5) is 25.6. The largest absolute Gasteiger partial charge is 0.462 e. The summed E-state index contributed by atoms with van der Waals surface area (Å²) in [5, 5.41) is 4.25. The second-order valence-corrected chi connectivity index (χ2v) is 6.65. The molecule has 128 valence electrons. The molecule has 0 radical (unpaired) electrons. The molecule has 2 rings (SSSR count). The quantitative estimate of drug-likeness (QED) is 0.800. The zero-order chi connectivity index (χ0) is 17.0. The molecule has 0 saturated carbocycles. The van der Waals surface area contributed by atoms with E-state index in [9.17, 15) is 9.59 Å². The van der Waals surface area contributed by atoms with E-state index in [-0.39, 0.29) is 18.1 Å². The van der Waals surface area contributed by atoms with Gasteiger partial charge in [0.05, 0.1) is 24.4 Å². The molecule has 0 aromatic carbocycles. The second kappa shape index (κ2) is 7.02. The van der Waals surface area contributed by atoms with Gasteiger partial charge < -0.3 is 14.4 Å². The van der Waals surface area contributed by atoms with E-state index >= 15 is 0 Å². The minimum Gasteiger partial charge on any atom is -0.462 e. The fourth-order valence-corrected chi connectivity index (χ4v) is 2.52. The van der Waals surface area contributed by atoms with Gasteiger partial charge in [-0.25, -0.2) is 9.59 Å². The monoisotopic (exact) mass is 323 g/mol. The lowest BCUT2D eigenvalue weighted by molar-refractivity contribution is 0.0167. The van der Waals surface area contributed by atoms with Crippen LogP contribution in [0.5, 0.6) is 0 Å². The predicted octanol–water partition coefficient (Wildman–Crippen LogP) is 2.63. The van der Waals surface area contributed by atoms with Crippen molar-refractivity contribution < 1.29 is 19.1 Å². The van der Waals surface area contributed by atoms with Gasteiger partial charge in [0.15, 0.2) is 0 Å². The lowest BCUT2D eigenvalue weighted by Crippen LogP contribution is -2.43. The smallest absolute Gasteiger partial charge is 0.410 e. The number of likely N-dealkylation sites (tertiary alicyclic amines) is 1. The van der Waals surface area contributed by atoms with Crippen LogP contribution >= 0.6 is 0 Å². The fraction of sp³-hybridized carbons (Fsp3) is 0.688. The molecule has 1 unspecified atom stereocenters. The molecule has 1 aliphatic heterocycles. The first kappa shape index (κ1) is 17.3. The van der Waals surface area contributed by atoms with Gasteiger partial charge in [0.2, 0.25) is 0 Å². The van der Waals surface area contributed by atoms with Gasteiger partial charge in [-0.05, 0) is 40.5 Å². The van der Waals surface area contributed by atoms with Crippen LogP contribution in [0, 0.1) is 0 Å². The zero-order valence-corrected chi connectivity index (χ0v) is 14.2. The van der Waals surface area contributed by atoms with Crippen LogP contribution in [0.25, 0.3) is 0 Å². The Morgan fingerprint density at radius 2 is 2.13 bits per heavy atom. The molecule has 0 aliphatic carbocycles. The standard InChI is InChI=1S/C16H25N3O4/c1-5-22-14(20)12-9-17-19(10-12)13-7-6-8-18(11-13)15(21)23-16(2,3)4/h9-10,13H,5-8,11H2,1-4H3. The third kappa shape index (κ3) is 4.71. The summed E-state index contributed by atoms with van der Waals surface area (Å²) in [6.45, 7) is 8.86. The van der Waals surface area contributed by atoms with Crippen LogP contribution in [0.4, 0.5) is 4.79 Å². The van der Waals surface area contributed by atoms with Crippen molar-refractivity contribution in [2.24, 2.45) is 0 Å². The second-order valence-electron chi connectivity index (χ2n) is 6.65. The van der Waals surface area contributed by atoms with Crippen LogP contribution in [0.15, 0.2) is 12.4 Å². The highest BCUT2D eigenvalue weighted by atomic mass is 16.6. The summed E-state index contributed by atoms with van der Waals surface area (Å²) in [7, 11) is 0. The first-order valence-corrected chi connectivity index (χ1v) is 7.99. The average molecular weight is 323 g/mol. The molecule has 1 saturated heterocycles. The summed E-state index contributed by atoms with van der Waals surface area (Å²) in [5.74, 6) is -0.376. The van der Waals surface area contributed by atoms with Crippen molar-refractivity contribution >= 4 is 12.1 Å². The topological polar surface area (TPSA) is 73.7 Å². The lowest BCUT2D eigenvalue weighted by Gasteiger charge is -2.34. The highest BCUT2D eigenvalue weighted by Crippen LogP contribution is 2.23. The molecule has 0 spiro atoms. The number of hydrogen-bond donors (Lipinski definition) is 0. The molecular formula is C16H25N3O4. The van der Waals surface area contributed by atoms with Crippen molar-refractivity contribution in [2.75, 3.05) is 19.7 Å². The van der Waals surface area contributed by atoms with Crippen LogP contribution in [0.2, 0.25) is 0 Å². The van der Waals surface area contributed by atoms with Crippen LogP contribution in [-0.2, 0) is 9.47 Å². The van der Waals surface area contributed by atoms with E-state index in [2.05, 4.69) is 5.10 Å². The minimum atomic E-state index is -0.507. The Hall–Kier alpha value is -2.05. The number of piperidine rings is 1. The maximum atomic E-state index is 12.2. The lowest BCUT2D eigenvalue weighted by atomic mass is 10.1. The molecule has 1 aromatic heterocycles. The molecule has 1 aromatic rings. The Kier molecular flexibility index (Phi) is 5.28. The van der Waals surface area contributed by atoms with Gasteiger partial charge in [-0.2, -0.15) is 5.10 Å². The number of rotatable bonds is 3. The molecule has 0 N–H and O–H groups in total. The number of esters is 1. The molecule has 7 nitrogen and oxygen atoms in total. The number of nitrogens with zero attached hydrogens (tertiary/aromatic N) is 3. The van der Waals surface area contributed by atoms with Crippen molar-refractivity contribution in [1.29, 1.82) is 0 Å². The molecule has 0 bridgehead atoms. The maximum Gasteiger partial charge on any atom is 0.410 e. The van der Waals surface area contributed by atoms with E-state index in [0.717, 1.165) is 12.8 Å². The summed E-state index contributed by atoms with van der Waals surface area (Å²) < 4.78 is 12.1. The van der Waals surface area contributed by atoms with Crippen molar-refractivity contribution in [3.05, 3.63) is 18.0 Å². The van der Waals surface area contributed by atoms with Gasteiger partial charge in [0, 0.05) is 19.3 Å². The Morgan fingerprint density at radius 3 is 2.78 bits per heavy atom. The van der Waals surface area contributed by atoms with Gasteiger partial charge in [0.25, 0.3) is 0 Å². The molecule has 2 heterocycles. The van der Waals surface area contributed by atoms with E-state index < -0.39 is 5.60 Å². The number of carbonyl (C=O) groups excluding carboxylic acids is 2. The molecule has 1 aliphatic rings. The van der Waals surface area contributed by atoms with Gasteiger partial charge in [-0.3, -0.25) is 4.68 Å². The molecule has 1 fully saturated rings. The van der Waals surface area contributed by atoms with Crippen molar-refractivity contribution in [1.82, 2.24) is 14.7 Å². The number of hydrogen-bond acceptors (Lipinski definition) is 5. The Morgan fingerprint density at radius 1 is 1.39 bits per heavy atom. The molecule has 7 heteroatoms. The predicted molar refractivity (Wildman–Crippen MR) is 84.3 cm³/mol. The molecule has 1 atom stereocenters. The van der Waals surface area contributed by atoms with Crippen LogP contribution in [0.3, 0.4) is 0 Å². The van der Waals surface area contributed by atoms with E-state index in [1.165, 1.54) is 6.20 Å². The Bertz CT molecular complexity index is 562. The summed E-state index contributed by atoms with van der Waals surface area (Å²) in [6.07, 6.45) is 4.66. The molecule has 1 amide bonds. The van der Waals surface area contributed by atoms with Crippen molar-refractivity contribution in [2.45, 2.75) is 52.2 Å². The SMILES string of the molecule is CCOC(=O)c1cnn(C2CCCN(C(=O)OC(C)(C)C)C2)c1. The molecular weight excluding hydrogens is 298 g/mol. The highest BCUT2D eigenvalue weighted by Gasteiger charge is 2.29. The van der Waals surface area contributed by atoms with Gasteiger partial charge in [0.1, 0.15) is 5.60 Å². The van der Waals surface area contributed by atoms with E-state index in [0.29, 0.717) is 25.3 Å². The number of ether oxygens (including phenoxy) is 2. The molecule has 23 heavy (non-hydrogen) atoms. The third-order valence-electron chi connectivity index (χ3n) is 3.53. The number of aromatic nitrogens is 2. The highest BCUT2D eigenvalue weighted by molar-refractivity contribution is 5.88. The first-order chi connectivity index (χ1) is 10.8. The zero-order valence-electron chi connectivity index (χ0n) is 14.2. The summed E-state index contributed by atoms with van der Waals surface area (Å²) in [6, 6.07) is 0.0412. The minimum absolute atomic E-state index is 0.0412. The van der Waals surface area contributed by atoms with Crippen LogP contribution in [0.1, 0.15) is 56.9 Å². The normalized spacial score (nSPS) is 18.6. The Balaban J connectivity index is 2.01. The van der Waals surface area contributed by atoms with Crippen molar-refractivity contribution in [3.63, 3.8) is 0 Å². The first-order valence-electron chi connectivity index (χ1n) is 7.99. The maximum absolute atomic E-state index is 12.2. The third-order valence-corrected chi connectivity index (χ3v) is 3.53.